The topological polar surface area (TPSA) is 34.5 Å². The Morgan fingerprint density at radius 2 is 0.784 bits per heavy atom. The van der Waals surface area contributed by atoms with Gasteiger partial charge in [0.1, 0.15) is 22.3 Å². The third kappa shape index (κ3) is 6.24. The molecule has 0 N–H and O–H groups in total. The average molecular weight is 1130 g/mol. The lowest BCUT2D eigenvalue weighted by molar-refractivity contribution is 0.600. The first-order valence-electron chi connectivity index (χ1n) is 31.2. The highest BCUT2D eigenvalue weighted by atomic mass is 16.3. The molecule has 3 aromatic heterocycles. The van der Waals surface area contributed by atoms with Crippen LogP contribution in [-0.4, -0.2) is 4.57 Å². The second kappa shape index (κ2) is 16.9. The first-order chi connectivity index (χ1) is 42.7. The van der Waals surface area contributed by atoms with Crippen LogP contribution in [0.2, 0.25) is 0 Å². The number of nitrogens with zero attached hydrogens (tertiary/aromatic N) is 2. The van der Waals surface area contributed by atoms with Crippen LogP contribution in [0.1, 0.15) is 99.9 Å². The van der Waals surface area contributed by atoms with E-state index >= 15 is 0 Å². The van der Waals surface area contributed by atoms with Crippen molar-refractivity contribution in [3.63, 3.8) is 0 Å². The van der Waals surface area contributed by atoms with Crippen molar-refractivity contribution in [2.24, 2.45) is 0 Å². The van der Waals surface area contributed by atoms with Gasteiger partial charge in [-0.2, -0.15) is 0 Å². The summed E-state index contributed by atoms with van der Waals surface area (Å²) in [5.41, 5.74) is 32.7. The van der Waals surface area contributed by atoms with E-state index in [9.17, 15) is 0 Å². The van der Waals surface area contributed by atoms with Gasteiger partial charge in [-0.3, -0.25) is 0 Å². The first-order valence-corrected chi connectivity index (χ1v) is 31.2. The second-order valence-electron chi connectivity index (χ2n) is 27.5. The molecule has 0 amide bonds. The first kappa shape index (κ1) is 50.0. The van der Waals surface area contributed by atoms with Gasteiger partial charge in [0, 0.05) is 87.9 Å². The van der Waals surface area contributed by atoms with Crippen LogP contribution in [0.5, 0.6) is 0 Å². The summed E-state index contributed by atoms with van der Waals surface area (Å²) in [5, 5.41) is 7.12. The molecule has 0 bridgehead atoms. The molecule has 12 aromatic carbocycles. The minimum atomic E-state index is -0.391. The highest BCUT2D eigenvalue weighted by molar-refractivity contribution is 6.22. The molecule has 0 fully saturated rings. The summed E-state index contributed by atoms with van der Waals surface area (Å²) in [6.45, 7) is 19.4. The molecule has 88 heavy (non-hydrogen) atoms. The monoisotopic (exact) mass is 1130 g/mol. The number of para-hydroxylation sites is 4. The van der Waals surface area contributed by atoms with Crippen LogP contribution in [0, 0.1) is 0 Å². The predicted octanol–water partition coefficient (Wildman–Crippen LogP) is 22.9. The smallest absolute Gasteiger partial charge is 0.144 e. The van der Waals surface area contributed by atoms with Crippen LogP contribution in [0.15, 0.2) is 239 Å². The van der Waals surface area contributed by atoms with Crippen LogP contribution >= 0.6 is 0 Å². The molecule has 4 aliphatic rings. The Hall–Kier alpha value is -10.2. The maximum atomic E-state index is 7.11. The molecule has 19 rings (SSSR count). The van der Waals surface area contributed by atoms with E-state index < -0.39 is 5.41 Å². The number of hydrogen-bond donors (Lipinski definition) is 0. The Bertz CT molecular complexity index is 5640. The second-order valence-corrected chi connectivity index (χ2v) is 27.5. The Morgan fingerprint density at radius 1 is 0.307 bits per heavy atom. The van der Waals surface area contributed by atoms with Crippen molar-refractivity contribution in [1.82, 2.24) is 4.57 Å². The zero-order valence-electron chi connectivity index (χ0n) is 50.7. The molecule has 0 saturated heterocycles. The Morgan fingerprint density at radius 3 is 1.51 bits per heavy atom. The van der Waals surface area contributed by atoms with Crippen LogP contribution < -0.4 is 4.90 Å². The molecule has 0 atom stereocenters. The van der Waals surface area contributed by atoms with Crippen LogP contribution in [0.3, 0.4) is 0 Å². The van der Waals surface area contributed by atoms with Gasteiger partial charge >= 0.3 is 0 Å². The number of hydrogen-bond acceptors (Lipinski definition) is 3. The Balaban J connectivity index is 0.837. The van der Waals surface area contributed by atoms with E-state index in [1.807, 2.05) is 0 Å². The third-order valence-electron chi connectivity index (χ3n) is 21.5. The molecular formula is C84H62N2O2. The van der Waals surface area contributed by atoms with E-state index in [4.69, 9.17) is 8.83 Å². The molecule has 0 aliphatic heterocycles. The van der Waals surface area contributed by atoms with E-state index in [0.29, 0.717) is 0 Å². The SMILES string of the molecule is CC1(C)c2ccccc2-c2ccc(-c3cc4c(c5c3oc3ccccc35)-c3ccc(N(c5ccc6c(c5)C(C)(C)c5c7c(c8oc9ccccc9c8c5-6)-c5ccccc5C7(C)C)c5ccc6c(c5)c5ccccc5n6-c5ccccc5)cc3C4(C)C)cc21. The largest absolute Gasteiger partial charge is 0.455 e. The maximum absolute atomic E-state index is 7.11. The lowest BCUT2D eigenvalue weighted by Gasteiger charge is -2.32. The average Bonchev–Trinajstić information content (AvgIpc) is 1.52. The van der Waals surface area contributed by atoms with Gasteiger partial charge < -0.3 is 18.3 Å². The number of benzene rings is 12. The summed E-state index contributed by atoms with van der Waals surface area (Å²) in [6, 6.07) is 86.3. The van der Waals surface area contributed by atoms with Crippen molar-refractivity contribution < 1.29 is 8.83 Å². The molecule has 15 aromatic rings. The summed E-state index contributed by atoms with van der Waals surface area (Å²) in [7, 11) is 0. The quantitative estimate of drug-likeness (QED) is 0.172. The van der Waals surface area contributed by atoms with Crippen molar-refractivity contribution in [3.05, 3.63) is 275 Å². The lowest BCUT2D eigenvalue weighted by atomic mass is 9.72. The number of anilines is 3. The van der Waals surface area contributed by atoms with Gasteiger partial charge in [-0.25, -0.2) is 0 Å². The molecule has 420 valence electrons. The number of rotatable bonds is 5. The van der Waals surface area contributed by atoms with Gasteiger partial charge in [0.05, 0.1) is 11.0 Å². The molecule has 0 spiro atoms. The zero-order chi connectivity index (χ0) is 59.1. The van der Waals surface area contributed by atoms with Gasteiger partial charge in [-0.05, 0) is 174 Å². The Kier molecular flexibility index (Phi) is 9.59. The van der Waals surface area contributed by atoms with E-state index in [1.165, 1.54) is 127 Å². The van der Waals surface area contributed by atoms with E-state index in [1.54, 1.807) is 0 Å². The minimum absolute atomic E-state index is 0.143. The van der Waals surface area contributed by atoms with Crippen molar-refractivity contribution in [3.8, 4) is 61.3 Å². The predicted molar refractivity (Wildman–Crippen MR) is 366 cm³/mol. The van der Waals surface area contributed by atoms with E-state index in [0.717, 1.165) is 61.4 Å². The molecule has 4 aliphatic carbocycles. The fourth-order valence-electron chi connectivity index (χ4n) is 17.4. The lowest BCUT2D eigenvalue weighted by Crippen LogP contribution is -2.24. The molecule has 4 heteroatoms. The normalized spacial score (nSPS) is 15.6. The van der Waals surface area contributed by atoms with E-state index in [2.05, 4.69) is 295 Å². The van der Waals surface area contributed by atoms with Gasteiger partial charge in [-0.15, -0.1) is 0 Å². The fraction of sp³-hybridized carbons (Fsp3) is 0.143. The summed E-state index contributed by atoms with van der Waals surface area (Å²) in [5.74, 6) is 0. The van der Waals surface area contributed by atoms with Crippen LogP contribution in [0.4, 0.5) is 17.1 Å². The summed E-state index contributed by atoms with van der Waals surface area (Å²) in [6.07, 6.45) is 0. The molecule has 0 saturated carbocycles. The van der Waals surface area contributed by atoms with Gasteiger partial charge in [-0.1, -0.05) is 201 Å². The van der Waals surface area contributed by atoms with Crippen LogP contribution in [0.25, 0.3) is 127 Å². The van der Waals surface area contributed by atoms with E-state index in [-0.39, 0.29) is 16.2 Å². The van der Waals surface area contributed by atoms with Crippen molar-refractivity contribution in [1.29, 1.82) is 0 Å². The molecule has 0 unspecified atom stereocenters. The molecule has 3 heterocycles. The fourth-order valence-corrected chi connectivity index (χ4v) is 17.4. The molecular weight excluding hydrogens is 1070 g/mol. The van der Waals surface area contributed by atoms with Gasteiger partial charge in [0.25, 0.3) is 0 Å². The summed E-state index contributed by atoms with van der Waals surface area (Å²) < 4.78 is 16.6. The number of aromatic nitrogens is 1. The highest BCUT2D eigenvalue weighted by Gasteiger charge is 2.49. The van der Waals surface area contributed by atoms with Crippen LogP contribution in [-0.2, 0) is 21.7 Å². The third-order valence-corrected chi connectivity index (χ3v) is 21.5. The van der Waals surface area contributed by atoms with Gasteiger partial charge in [0.15, 0.2) is 0 Å². The Labute approximate surface area is 511 Å². The maximum Gasteiger partial charge on any atom is 0.144 e. The van der Waals surface area contributed by atoms with Gasteiger partial charge in [0.2, 0.25) is 0 Å². The molecule has 0 radical (unpaired) electrons. The zero-order valence-corrected chi connectivity index (χ0v) is 50.7. The number of furan rings is 2. The summed E-state index contributed by atoms with van der Waals surface area (Å²) in [4.78, 5) is 2.54. The van der Waals surface area contributed by atoms with Crippen molar-refractivity contribution in [2.75, 3.05) is 4.90 Å². The molecule has 4 nitrogen and oxygen atoms in total. The standard InChI is InChI=1S/C84H62N2O2/c1-81(2)62-29-17-12-24-52(62)53-38-34-47(42-64(53)81)60-46-67-72(74-58-27-15-20-32-70(58)87-79(60)74)56-39-35-50(44-65(56)82(67,3)4)85(49-37-41-69-61(43-49)54-25-14-19-31-68(54)86(69)48-22-10-9-11-23-48)51-36-40-57-66(45-51)84(7,8)77-73(57)75-59-28-16-21-33-71(59)88-80(75)76-55-26-13-18-30-63(55)83(5,6)78(76)77/h9-46H,1-8H3. The highest BCUT2D eigenvalue weighted by Crippen LogP contribution is 2.64. The number of fused-ring (bicyclic) bond motifs is 25. The van der Waals surface area contributed by atoms with Crippen molar-refractivity contribution in [2.45, 2.75) is 77.0 Å². The summed E-state index contributed by atoms with van der Waals surface area (Å²) >= 11 is 0. The minimum Gasteiger partial charge on any atom is -0.455 e. The van der Waals surface area contributed by atoms with Crippen molar-refractivity contribution >= 4 is 82.7 Å².